The van der Waals surface area contributed by atoms with Crippen LogP contribution >= 0.6 is 0 Å². The first-order chi connectivity index (χ1) is 9.88. The van der Waals surface area contributed by atoms with Crippen molar-refractivity contribution in [2.45, 2.75) is 51.5 Å². The lowest BCUT2D eigenvalue weighted by atomic mass is 10.0. The Kier molecular flexibility index (Phi) is 9.60. The number of nitrogens with one attached hydrogen (secondary N) is 1. The topological polar surface area (TPSA) is 12.0 Å². The van der Waals surface area contributed by atoms with E-state index in [0.717, 1.165) is 25.8 Å². The van der Waals surface area contributed by atoms with Gasteiger partial charge in [0.2, 0.25) is 0 Å². The highest BCUT2D eigenvalue weighted by molar-refractivity contribution is 5.19. The predicted molar refractivity (Wildman–Crippen MR) is 89.9 cm³/mol. The Morgan fingerprint density at radius 1 is 1.10 bits per heavy atom. The maximum atomic E-state index is 3.75. The zero-order valence-electron chi connectivity index (χ0n) is 12.9. The van der Waals surface area contributed by atoms with Crippen LogP contribution in [0.15, 0.2) is 55.1 Å². The second-order valence-electron chi connectivity index (χ2n) is 5.20. The van der Waals surface area contributed by atoms with Crippen LogP contribution in [-0.2, 0) is 0 Å². The molecule has 0 radical (unpaired) electrons. The molecule has 1 unspecified atom stereocenters. The molecule has 0 saturated heterocycles. The number of allylic oxidation sites excluding steroid dienone is 2. The normalized spacial score (nSPS) is 12.7. The summed E-state index contributed by atoms with van der Waals surface area (Å²) in [5, 5.41) is 3.67. The van der Waals surface area contributed by atoms with E-state index in [1.807, 2.05) is 6.08 Å². The maximum Gasteiger partial charge on any atom is 0.0354 e. The van der Waals surface area contributed by atoms with E-state index in [1.165, 1.54) is 24.8 Å². The highest BCUT2D eigenvalue weighted by Gasteiger charge is 2.07. The minimum atomic E-state index is 0.443. The number of hydrogen-bond acceptors (Lipinski definition) is 1. The Labute approximate surface area is 124 Å². The third-order valence-corrected chi connectivity index (χ3v) is 3.44. The van der Waals surface area contributed by atoms with Crippen LogP contribution in [0.3, 0.4) is 0 Å². The first-order valence-corrected chi connectivity index (χ1v) is 7.92. The molecule has 1 rings (SSSR count). The zero-order valence-corrected chi connectivity index (χ0v) is 12.9. The van der Waals surface area contributed by atoms with Gasteiger partial charge in [-0.1, -0.05) is 61.9 Å². The lowest BCUT2D eigenvalue weighted by Crippen LogP contribution is -2.21. The van der Waals surface area contributed by atoms with Crippen molar-refractivity contribution in [2.75, 3.05) is 6.54 Å². The fourth-order valence-electron chi connectivity index (χ4n) is 2.21. The van der Waals surface area contributed by atoms with Crippen LogP contribution in [0.25, 0.3) is 0 Å². The van der Waals surface area contributed by atoms with Crippen LogP contribution in [-0.4, -0.2) is 6.54 Å². The van der Waals surface area contributed by atoms with Gasteiger partial charge in [0.25, 0.3) is 0 Å². The van der Waals surface area contributed by atoms with E-state index in [9.17, 15) is 0 Å². The van der Waals surface area contributed by atoms with Crippen LogP contribution < -0.4 is 5.32 Å². The Balaban J connectivity index is 2.44. The van der Waals surface area contributed by atoms with E-state index in [2.05, 4.69) is 61.3 Å². The monoisotopic (exact) mass is 271 g/mol. The minimum Gasteiger partial charge on any atom is -0.310 e. The second-order valence-corrected chi connectivity index (χ2v) is 5.20. The Hall–Kier alpha value is -1.34. The predicted octanol–water partition coefficient (Wildman–Crippen LogP) is 5.42. The summed E-state index contributed by atoms with van der Waals surface area (Å²) >= 11 is 0. The minimum absolute atomic E-state index is 0.443. The van der Waals surface area contributed by atoms with Crippen molar-refractivity contribution in [3.8, 4) is 0 Å². The van der Waals surface area contributed by atoms with Crippen molar-refractivity contribution in [1.82, 2.24) is 5.32 Å². The van der Waals surface area contributed by atoms with E-state index in [0.29, 0.717) is 6.04 Å². The van der Waals surface area contributed by atoms with Crippen molar-refractivity contribution in [3.63, 3.8) is 0 Å². The van der Waals surface area contributed by atoms with Crippen molar-refractivity contribution in [3.05, 3.63) is 60.7 Å². The SMILES string of the molecule is C=CCCCC=CCC(NCCCC)c1ccccc1. The van der Waals surface area contributed by atoms with Gasteiger partial charge in [-0.25, -0.2) is 0 Å². The molecule has 0 bridgehead atoms. The maximum absolute atomic E-state index is 3.75. The lowest BCUT2D eigenvalue weighted by Gasteiger charge is -2.17. The average molecular weight is 271 g/mol. The quantitative estimate of drug-likeness (QED) is 0.418. The summed E-state index contributed by atoms with van der Waals surface area (Å²) in [6.45, 7) is 7.09. The standard InChI is InChI=1S/C19H29N/c1-3-5-7-8-9-13-16-19(20-17-6-4-2)18-14-11-10-12-15-18/h3,9-15,19-20H,1,4-8,16-17H2,2H3. The van der Waals surface area contributed by atoms with E-state index in [1.54, 1.807) is 0 Å². The summed E-state index contributed by atoms with van der Waals surface area (Å²) in [5.41, 5.74) is 1.39. The molecule has 0 saturated carbocycles. The van der Waals surface area contributed by atoms with Gasteiger partial charge < -0.3 is 5.32 Å². The molecule has 0 aromatic heterocycles. The molecular weight excluding hydrogens is 242 g/mol. The van der Waals surface area contributed by atoms with Crippen LogP contribution in [0, 0.1) is 0 Å². The van der Waals surface area contributed by atoms with Crippen molar-refractivity contribution < 1.29 is 0 Å². The number of hydrogen-bond donors (Lipinski definition) is 1. The summed E-state index contributed by atoms with van der Waals surface area (Å²) in [4.78, 5) is 0. The molecule has 1 aromatic rings. The van der Waals surface area contributed by atoms with Gasteiger partial charge in [0.15, 0.2) is 0 Å². The van der Waals surface area contributed by atoms with Gasteiger partial charge in [0, 0.05) is 6.04 Å². The second kappa shape index (κ2) is 11.5. The Morgan fingerprint density at radius 3 is 2.60 bits per heavy atom. The Morgan fingerprint density at radius 2 is 1.90 bits per heavy atom. The highest BCUT2D eigenvalue weighted by atomic mass is 14.9. The molecule has 1 nitrogen and oxygen atoms in total. The molecule has 0 aliphatic heterocycles. The van der Waals surface area contributed by atoms with E-state index in [4.69, 9.17) is 0 Å². The molecule has 1 aromatic carbocycles. The number of benzene rings is 1. The van der Waals surface area contributed by atoms with E-state index >= 15 is 0 Å². The number of rotatable bonds is 11. The molecule has 1 N–H and O–H groups in total. The smallest absolute Gasteiger partial charge is 0.0354 e. The fourth-order valence-corrected chi connectivity index (χ4v) is 2.21. The van der Waals surface area contributed by atoms with Gasteiger partial charge in [-0.3, -0.25) is 0 Å². The van der Waals surface area contributed by atoms with Gasteiger partial charge in [-0.05, 0) is 44.2 Å². The molecule has 0 heterocycles. The molecule has 0 spiro atoms. The summed E-state index contributed by atoms with van der Waals surface area (Å²) in [6.07, 6.45) is 13.6. The molecule has 20 heavy (non-hydrogen) atoms. The summed E-state index contributed by atoms with van der Waals surface area (Å²) < 4.78 is 0. The van der Waals surface area contributed by atoms with Gasteiger partial charge in [0.1, 0.15) is 0 Å². The van der Waals surface area contributed by atoms with Crippen LogP contribution in [0.5, 0.6) is 0 Å². The van der Waals surface area contributed by atoms with Gasteiger partial charge in [0.05, 0.1) is 0 Å². The molecular formula is C19H29N. The third-order valence-electron chi connectivity index (χ3n) is 3.44. The molecule has 110 valence electrons. The van der Waals surface area contributed by atoms with Gasteiger partial charge in [-0.2, -0.15) is 0 Å². The fraction of sp³-hybridized carbons (Fsp3) is 0.474. The zero-order chi connectivity index (χ0) is 14.5. The largest absolute Gasteiger partial charge is 0.310 e. The van der Waals surface area contributed by atoms with Crippen LogP contribution in [0.2, 0.25) is 0 Å². The lowest BCUT2D eigenvalue weighted by molar-refractivity contribution is 0.524. The van der Waals surface area contributed by atoms with Crippen molar-refractivity contribution >= 4 is 0 Å². The summed E-state index contributed by atoms with van der Waals surface area (Å²) in [5.74, 6) is 0. The van der Waals surface area contributed by atoms with Crippen molar-refractivity contribution in [1.29, 1.82) is 0 Å². The molecule has 0 aliphatic rings. The number of unbranched alkanes of at least 4 members (excludes halogenated alkanes) is 3. The van der Waals surface area contributed by atoms with Gasteiger partial charge in [-0.15, -0.1) is 6.58 Å². The Bertz CT molecular complexity index is 367. The molecule has 1 atom stereocenters. The third kappa shape index (κ3) is 7.30. The molecule has 1 heteroatoms. The first kappa shape index (κ1) is 16.7. The van der Waals surface area contributed by atoms with Gasteiger partial charge >= 0.3 is 0 Å². The molecule has 0 aliphatic carbocycles. The first-order valence-electron chi connectivity index (χ1n) is 7.92. The van der Waals surface area contributed by atoms with Crippen LogP contribution in [0.1, 0.15) is 57.1 Å². The highest BCUT2D eigenvalue weighted by Crippen LogP contribution is 2.17. The van der Waals surface area contributed by atoms with Crippen molar-refractivity contribution in [2.24, 2.45) is 0 Å². The molecule has 0 amide bonds. The molecule has 0 fully saturated rings. The summed E-state index contributed by atoms with van der Waals surface area (Å²) in [7, 11) is 0. The summed E-state index contributed by atoms with van der Waals surface area (Å²) in [6, 6.07) is 11.2. The van der Waals surface area contributed by atoms with E-state index in [-0.39, 0.29) is 0 Å². The van der Waals surface area contributed by atoms with E-state index < -0.39 is 0 Å². The van der Waals surface area contributed by atoms with Crippen LogP contribution in [0.4, 0.5) is 0 Å². The average Bonchev–Trinajstić information content (AvgIpc) is 2.50.